The van der Waals surface area contributed by atoms with Crippen LogP contribution in [0.5, 0.6) is 5.75 Å². The molecule has 0 bridgehead atoms. The van der Waals surface area contributed by atoms with Crippen molar-refractivity contribution in [3.63, 3.8) is 0 Å². The van der Waals surface area contributed by atoms with Crippen LogP contribution >= 0.6 is 0 Å². The highest BCUT2D eigenvalue weighted by atomic mass is 19.1. The minimum Gasteiger partial charge on any atom is -0.497 e. The fourth-order valence-corrected chi connectivity index (χ4v) is 4.31. The Balaban J connectivity index is 1.53. The number of nitrogens with one attached hydrogen (secondary N) is 1. The van der Waals surface area contributed by atoms with Crippen molar-refractivity contribution in [2.45, 2.75) is 20.0 Å². The van der Waals surface area contributed by atoms with E-state index in [1.54, 1.807) is 48.1 Å². The summed E-state index contributed by atoms with van der Waals surface area (Å²) in [5.74, 6) is -0.225. The molecule has 0 atom stereocenters. The van der Waals surface area contributed by atoms with Gasteiger partial charge in [0.2, 0.25) is 5.91 Å². The van der Waals surface area contributed by atoms with Gasteiger partial charge in [0.25, 0.3) is 5.56 Å². The summed E-state index contributed by atoms with van der Waals surface area (Å²) in [5.41, 5.74) is 2.61. The van der Waals surface area contributed by atoms with Gasteiger partial charge in [0.15, 0.2) is 5.78 Å². The molecule has 1 N–H and O–H groups in total. The molecular formula is C28H23FN4O4. The van der Waals surface area contributed by atoms with Gasteiger partial charge in [0, 0.05) is 16.6 Å². The molecule has 37 heavy (non-hydrogen) atoms. The normalized spacial score (nSPS) is 11.1. The van der Waals surface area contributed by atoms with E-state index in [4.69, 9.17) is 4.74 Å². The SMILES string of the molecule is COc1ccc(Cn2cnc3c4cc(F)ccc4n(CC(=O)Nc4ccc(C(C)=O)cc4)c3c2=O)cc1. The van der Waals surface area contributed by atoms with E-state index in [2.05, 4.69) is 10.3 Å². The zero-order valence-electron chi connectivity index (χ0n) is 20.2. The van der Waals surface area contributed by atoms with Crippen molar-refractivity contribution in [2.24, 2.45) is 0 Å². The van der Waals surface area contributed by atoms with Crippen LogP contribution in [-0.2, 0) is 17.9 Å². The number of amides is 1. The van der Waals surface area contributed by atoms with Gasteiger partial charge in [-0.1, -0.05) is 12.1 Å². The number of halogens is 1. The van der Waals surface area contributed by atoms with Gasteiger partial charge in [0.05, 0.1) is 25.5 Å². The van der Waals surface area contributed by atoms with Crippen LogP contribution in [0.4, 0.5) is 10.1 Å². The average Bonchev–Trinajstić information content (AvgIpc) is 3.19. The standard InChI is InChI=1S/C28H23FN4O4/c1-17(34)19-5-8-21(9-6-19)31-25(35)15-33-24-12-7-20(29)13-23(24)26-27(33)28(36)32(16-30-26)14-18-3-10-22(37-2)11-4-18/h3-13,16H,14-15H2,1-2H3,(H,31,35). The molecule has 5 rings (SSSR count). The number of ketones is 1. The zero-order valence-corrected chi connectivity index (χ0v) is 20.2. The molecule has 0 aliphatic heterocycles. The van der Waals surface area contributed by atoms with Gasteiger partial charge in [-0.05, 0) is 67.1 Å². The second kappa shape index (κ2) is 9.69. The number of Topliss-reactive ketones (excluding diaryl/α,β-unsaturated/α-hetero) is 1. The summed E-state index contributed by atoms with van der Waals surface area (Å²) in [4.78, 5) is 42.6. The highest BCUT2D eigenvalue weighted by Gasteiger charge is 2.19. The molecule has 5 aromatic rings. The van der Waals surface area contributed by atoms with E-state index >= 15 is 0 Å². The number of hydrogen-bond acceptors (Lipinski definition) is 5. The molecule has 0 aliphatic carbocycles. The average molecular weight is 499 g/mol. The van der Waals surface area contributed by atoms with Crippen LogP contribution in [0.25, 0.3) is 21.9 Å². The number of fused-ring (bicyclic) bond motifs is 3. The predicted octanol–water partition coefficient (Wildman–Crippen LogP) is 4.39. The summed E-state index contributed by atoms with van der Waals surface area (Å²) in [6, 6.07) is 18.0. The first-order chi connectivity index (χ1) is 17.8. The molecule has 3 aromatic carbocycles. The Bertz CT molecular complexity index is 1700. The minimum absolute atomic E-state index is 0.0752. The highest BCUT2D eigenvalue weighted by Crippen LogP contribution is 2.26. The largest absolute Gasteiger partial charge is 0.497 e. The van der Waals surface area contributed by atoms with Crippen LogP contribution < -0.4 is 15.6 Å². The number of carbonyl (C=O) groups is 2. The van der Waals surface area contributed by atoms with Crippen LogP contribution in [0.1, 0.15) is 22.8 Å². The van der Waals surface area contributed by atoms with Gasteiger partial charge in [-0.3, -0.25) is 19.0 Å². The molecule has 2 aromatic heterocycles. The molecule has 0 saturated heterocycles. The van der Waals surface area contributed by atoms with Gasteiger partial charge in [-0.15, -0.1) is 0 Å². The molecule has 8 nitrogen and oxygen atoms in total. The number of methoxy groups -OCH3 is 1. The van der Waals surface area contributed by atoms with Crippen LogP contribution in [0.2, 0.25) is 0 Å². The summed E-state index contributed by atoms with van der Waals surface area (Å²) < 4.78 is 22.3. The fraction of sp³-hybridized carbons (Fsp3) is 0.143. The first-order valence-electron chi connectivity index (χ1n) is 11.5. The molecule has 0 aliphatic rings. The van der Waals surface area contributed by atoms with E-state index in [1.807, 2.05) is 12.1 Å². The Labute approximate surface area is 210 Å². The van der Waals surface area contributed by atoms with Crippen molar-refractivity contribution in [1.82, 2.24) is 14.1 Å². The van der Waals surface area contributed by atoms with E-state index in [1.165, 1.54) is 36.0 Å². The fourth-order valence-electron chi connectivity index (χ4n) is 4.31. The van der Waals surface area contributed by atoms with E-state index in [-0.39, 0.29) is 35.9 Å². The van der Waals surface area contributed by atoms with Crippen LogP contribution in [-0.4, -0.2) is 32.9 Å². The lowest BCUT2D eigenvalue weighted by molar-refractivity contribution is -0.116. The second-order valence-electron chi connectivity index (χ2n) is 8.65. The lowest BCUT2D eigenvalue weighted by Gasteiger charge is -2.10. The summed E-state index contributed by atoms with van der Waals surface area (Å²) in [6.07, 6.45) is 1.43. The van der Waals surface area contributed by atoms with Gasteiger partial charge in [0.1, 0.15) is 29.1 Å². The smallest absolute Gasteiger partial charge is 0.278 e. The lowest BCUT2D eigenvalue weighted by atomic mass is 10.1. The topological polar surface area (TPSA) is 95.2 Å². The highest BCUT2D eigenvalue weighted by molar-refractivity contribution is 6.06. The third-order valence-corrected chi connectivity index (χ3v) is 6.18. The van der Waals surface area contributed by atoms with Crippen LogP contribution in [0.15, 0.2) is 77.9 Å². The number of aromatic nitrogens is 3. The zero-order chi connectivity index (χ0) is 26.1. The predicted molar refractivity (Wildman–Crippen MR) is 139 cm³/mol. The van der Waals surface area contributed by atoms with Crippen LogP contribution in [0, 0.1) is 5.82 Å². The Hall–Kier alpha value is -4.79. The number of carbonyl (C=O) groups excluding carboxylic acids is 2. The van der Waals surface area contributed by atoms with Crippen LogP contribution in [0.3, 0.4) is 0 Å². The number of ether oxygens (including phenoxy) is 1. The molecule has 1 amide bonds. The Morgan fingerprint density at radius 3 is 2.43 bits per heavy atom. The Kier molecular flexibility index (Phi) is 6.27. The molecule has 2 heterocycles. The van der Waals surface area contributed by atoms with E-state index < -0.39 is 5.82 Å². The van der Waals surface area contributed by atoms with E-state index in [9.17, 15) is 18.8 Å². The Morgan fingerprint density at radius 1 is 1.03 bits per heavy atom. The first-order valence-corrected chi connectivity index (χ1v) is 11.5. The van der Waals surface area contributed by atoms with Crippen molar-refractivity contribution in [3.8, 4) is 5.75 Å². The summed E-state index contributed by atoms with van der Waals surface area (Å²) in [6.45, 7) is 1.54. The van der Waals surface area contributed by atoms with Gasteiger partial charge in [-0.2, -0.15) is 0 Å². The third kappa shape index (κ3) is 4.71. The van der Waals surface area contributed by atoms with Crippen molar-refractivity contribution in [2.75, 3.05) is 12.4 Å². The summed E-state index contributed by atoms with van der Waals surface area (Å²) >= 11 is 0. The number of benzene rings is 3. The van der Waals surface area contributed by atoms with Crippen molar-refractivity contribution < 1.29 is 18.7 Å². The summed E-state index contributed by atoms with van der Waals surface area (Å²) in [5, 5.41) is 3.23. The molecule has 186 valence electrons. The van der Waals surface area contributed by atoms with Crippen molar-refractivity contribution in [3.05, 3.63) is 100 Å². The van der Waals surface area contributed by atoms with E-state index in [0.29, 0.717) is 33.4 Å². The van der Waals surface area contributed by atoms with Gasteiger partial charge in [-0.25, -0.2) is 9.37 Å². The quantitative estimate of drug-likeness (QED) is 0.336. The molecule has 0 spiro atoms. The molecular weight excluding hydrogens is 475 g/mol. The molecule has 0 radical (unpaired) electrons. The monoisotopic (exact) mass is 498 g/mol. The van der Waals surface area contributed by atoms with Gasteiger partial charge < -0.3 is 14.6 Å². The summed E-state index contributed by atoms with van der Waals surface area (Å²) in [7, 11) is 1.58. The Morgan fingerprint density at radius 2 is 1.76 bits per heavy atom. The number of nitrogens with zero attached hydrogens (tertiary/aromatic N) is 3. The van der Waals surface area contributed by atoms with Crippen molar-refractivity contribution >= 4 is 39.3 Å². The number of hydrogen-bond donors (Lipinski definition) is 1. The molecule has 0 fully saturated rings. The maximum atomic E-state index is 14.1. The second-order valence-corrected chi connectivity index (χ2v) is 8.65. The van der Waals surface area contributed by atoms with Gasteiger partial charge >= 0.3 is 0 Å². The third-order valence-electron chi connectivity index (χ3n) is 6.18. The first kappa shape index (κ1) is 23.9. The lowest BCUT2D eigenvalue weighted by Crippen LogP contribution is -2.25. The molecule has 0 unspecified atom stereocenters. The van der Waals surface area contributed by atoms with E-state index in [0.717, 1.165) is 5.56 Å². The minimum atomic E-state index is -0.467. The number of anilines is 1. The molecule has 9 heteroatoms. The molecule has 0 saturated carbocycles. The maximum absolute atomic E-state index is 14.1. The maximum Gasteiger partial charge on any atom is 0.278 e. The van der Waals surface area contributed by atoms with Crippen molar-refractivity contribution in [1.29, 1.82) is 0 Å². The number of rotatable bonds is 7.